The van der Waals surface area contributed by atoms with Gasteiger partial charge in [-0.25, -0.2) is 4.99 Å². The summed E-state index contributed by atoms with van der Waals surface area (Å²) in [6, 6.07) is 22.5. The van der Waals surface area contributed by atoms with Gasteiger partial charge >= 0.3 is 0 Å². The topological polar surface area (TPSA) is 92.9 Å². The minimum absolute atomic E-state index is 0.112. The molecule has 1 aliphatic rings. The Morgan fingerprint density at radius 3 is 2.61 bits per heavy atom. The average Bonchev–Trinajstić information content (AvgIpc) is 3.18. The number of allylic oxidation sites excluding steroid dienone is 1. The van der Waals surface area contributed by atoms with Crippen molar-refractivity contribution in [2.45, 2.75) is 13.0 Å². The molecule has 5 rings (SSSR count). The van der Waals surface area contributed by atoms with Gasteiger partial charge in [0, 0.05) is 5.69 Å². The standard InChI is InChI=1S/C28H23N3O4S/c1-17-24(26(33)30-20-10-4-3-5-11-20)25(19-9-7-13-22(16-19)35-2)31-27(34)23(36-28(31)29-17)15-18-8-6-12-21(32)14-18/h3-16,25,32H,1-2H3,(H,30,33)/b23-15+. The van der Waals surface area contributed by atoms with Gasteiger partial charge in [0.05, 0.1) is 29.0 Å². The van der Waals surface area contributed by atoms with E-state index in [0.717, 1.165) is 5.56 Å². The monoisotopic (exact) mass is 497 g/mol. The van der Waals surface area contributed by atoms with E-state index in [4.69, 9.17) is 4.74 Å². The molecule has 7 nitrogen and oxygen atoms in total. The average molecular weight is 498 g/mol. The highest BCUT2D eigenvalue weighted by Crippen LogP contribution is 2.32. The van der Waals surface area contributed by atoms with E-state index < -0.39 is 6.04 Å². The molecular weight excluding hydrogens is 474 g/mol. The first-order valence-electron chi connectivity index (χ1n) is 11.3. The van der Waals surface area contributed by atoms with Crippen molar-refractivity contribution >= 4 is 29.0 Å². The van der Waals surface area contributed by atoms with Crippen LogP contribution in [0.25, 0.3) is 6.08 Å². The molecule has 0 spiro atoms. The fourth-order valence-corrected chi connectivity index (χ4v) is 5.27. The Morgan fingerprint density at radius 1 is 1.08 bits per heavy atom. The molecule has 3 aromatic carbocycles. The number of hydrogen-bond acceptors (Lipinski definition) is 6. The van der Waals surface area contributed by atoms with Crippen LogP contribution in [0.3, 0.4) is 0 Å². The van der Waals surface area contributed by atoms with Crippen LogP contribution in [0.15, 0.2) is 99.9 Å². The Bertz CT molecular complexity index is 1670. The van der Waals surface area contributed by atoms with Crippen LogP contribution in [0.4, 0.5) is 5.69 Å². The molecule has 8 heteroatoms. The van der Waals surface area contributed by atoms with Crippen molar-refractivity contribution < 1.29 is 14.6 Å². The third kappa shape index (κ3) is 4.46. The number of phenolic OH excluding ortho intramolecular Hbond substituents is 1. The second-order valence-corrected chi connectivity index (χ2v) is 9.28. The number of fused-ring (bicyclic) bond motifs is 1. The summed E-state index contributed by atoms with van der Waals surface area (Å²) in [7, 11) is 1.57. The van der Waals surface area contributed by atoms with E-state index in [9.17, 15) is 14.7 Å². The smallest absolute Gasteiger partial charge is 0.271 e. The van der Waals surface area contributed by atoms with Crippen LogP contribution < -0.4 is 24.9 Å². The SMILES string of the molecule is COc1cccc(C2C(C(=O)Nc3ccccc3)=C(C)N=c3s/c(=C/c4cccc(O)c4)c(=O)n32)c1. The number of rotatable bonds is 5. The summed E-state index contributed by atoms with van der Waals surface area (Å²) in [4.78, 5) is 32.4. The third-order valence-electron chi connectivity index (χ3n) is 5.88. The van der Waals surface area contributed by atoms with Crippen LogP contribution in [0.2, 0.25) is 0 Å². The zero-order chi connectivity index (χ0) is 25.2. The summed E-state index contributed by atoms with van der Waals surface area (Å²) >= 11 is 1.24. The van der Waals surface area contributed by atoms with Crippen LogP contribution in [-0.2, 0) is 4.79 Å². The first kappa shape index (κ1) is 23.3. The predicted molar refractivity (Wildman–Crippen MR) is 140 cm³/mol. The van der Waals surface area contributed by atoms with Gasteiger partial charge in [-0.15, -0.1) is 0 Å². The summed E-state index contributed by atoms with van der Waals surface area (Å²) in [5, 5.41) is 12.8. The Morgan fingerprint density at radius 2 is 1.86 bits per heavy atom. The lowest BCUT2D eigenvalue weighted by molar-refractivity contribution is -0.113. The largest absolute Gasteiger partial charge is 0.508 e. The molecule has 0 saturated heterocycles. The number of hydrogen-bond donors (Lipinski definition) is 2. The zero-order valence-electron chi connectivity index (χ0n) is 19.6. The number of amides is 1. The molecule has 0 fully saturated rings. The molecule has 1 aliphatic heterocycles. The van der Waals surface area contributed by atoms with Crippen LogP contribution in [-0.4, -0.2) is 22.7 Å². The second kappa shape index (κ2) is 9.67. The van der Waals surface area contributed by atoms with E-state index in [1.807, 2.05) is 42.5 Å². The number of anilines is 1. The number of ether oxygens (including phenoxy) is 1. The molecule has 2 N–H and O–H groups in total. The summed E-state index contributed by atoms with van der Waals surface area (Å²) < 4.78 is 7.43. The maximum atomic E-state index is 13.7. The van der Waals surface area contributed by atoms with E-state index in [0.29, 0.717) is 37.6 Å². The third-order valence-corrected chi connectivity index (χ3v) is 6.86. The Balaban J connectivity index is 1.69. The van der Waals surface area contributed by atoms with E-state index in [2.05, 4.69) is 10.3 Å². The van der Waals surface area contributed by atoms with Crippen LogP contribution >= 0.6 is 11.3 Å². The number of methoxy groups -OCH3 is 1. The van der Waals surface area contributed by atoms with Gasteiger partial charge in [-0.1, -0.05) is 53.8 Å². The minimum atomic E-state index is -0.702. The number of carbonyl (C=O) groups is 1. The highest BCUT2D eigenvalue weighted by molar-refractivity contribution is 7.07. The highest BCUT2D eigenvalue weighted by Gasteiger charge is 2.32. The van der Waals surface area contributed by atoms with Crippen molar-refractivity contribution in [3.05, 3.63) is 121 Å². The van der Waals surface area contributed by atoms with Crippen LogP contribution in [0.5, 0.6) is 11.5 Å². The maximum absolute atomic E-state index is 13.7. The molecular formula is C28H23N3O4S. The van der Waals surface area contributed by atoms with Gasteiger partial charge in [-0.05, 0) is 60.5 Å². The molecule has 0 radical (unpaired) electrons. The number of thiazole rings is 1. The van der Waals surface area contributed by atoms with Gasteiger partial charge in [0.1, 0.15) is 11.5 Å². The first-order valence-corrected chi connectivity index (χ1v) is 12.1. The highest BCUT2D eigenvalue weighted by atomic mass is 32.1. The van der Waals surface area contributed by atoms with E-state index >= 15 is 0 Å². The minimum Gasteiger partial charge on any atom is -0.508 e. The van der Waals surface area contributed by atoms with Gasteiger partial charge < -0.3 is 15.2 Å². The molecule has 1 atom stereocenters. The van der Waals surface area contributed by atoms with Gasteiger partial charge in [-0.2, -0.15) is 0 Å². The molecule has 1 unspecified atom stereocenters. The van der Waals surface area contributed by atoms with Crippen molar-refractivity contribution in [1.82, 2.24) is 4.57 Å². The molecule has 4 aromatic rings. The lowest BCUT2D eigenvalue weighted by atomic mass is 9.95. The predicted octanol–water partition coefficient (Wildman–Crippen LogP) is 3.59. The number of benzene rings is 3. The number of nitrogens with one attached hydrogen (secondary N) is 1. The van der Waals surface area contributed by atoms with Crippen molar-refractivity contribution in [2.24, 2.45) is 4.99 Å². The van der Waals surface area contributed by atoms with Gasteiger partial charge in [0.2, 0.25) is 0 Å². The second-order valence-electron chi connectivity index (χ2n) is 8.27. The summed E-state index contributed by atoms with van der Waals surface area (Å²) in [6.45, 7) is 1.78. The maximum Gasteiger partial charge on any atom is 0.271 e. The lowest BCUT2D eigenvalue weighted by Crippen LogP contribution is -2.40. The first-order chi connectivity index (χ1) is 17.4. The molecule has 0 saturated carbocycles. The number of aromatic hydroxyl groups is 1. The Hall–Kier alpha value is -4.43. The fraction of sp³-hybridized carbons (Fsp3) is 0.107. The molecule has 0 bridgehead atoms. The number of para-hydroxylation sites is 1. The normalized spacial score (nSPS) is 15.3. The fourth-order valence-electron chi connectivity index (χ4n) is 4.22. The molecule has 0 aliphatic carbocycles. The van der Waals surface area contributed by atoms with Gasteiger partial charge in [0.25, 0.3) is 11.5 Å². The van der Waals surface area contributed by atoms with Crippen molar-refractivity contribution in [3.8, 4) is 11.5 Å². The molecule has 180 valence electrons. The van der Waals surface area contributed by atoms with Crippen LogP contribution in [0.1, 0.15) is 24.1 Å². The van der Waals surface area contributed by atoms with Crippen LogP contribution in [0, 0.1) is 0 Å². The molecule has 1 amide bonds. The molecule has 1 aromatic heterocycles. The number of nitrogens with zero attached hydrogens (tertiary/aromatic N) is 2. The van der Waals surface area contributed by atoms with Gasteiger partial charge in [0.15, 0.2) is 4.80 Å². The summed E-state index contributed by atoms with van der Waals surface area (Å²) in [5.41, 5.74) is 2.70. The van der Waals surface area contributed by atoms with E-state index in [1.54, 1.807) is 61.1 Å². The Labute approximate surface area is 211 Å². The summed E-state index contributed by atoms with van der Waals surface area (Å²) in [6.07, 6.45) is 1.72. The van der Waals surface area contributed by atoms with E-state index in [-0.39, 0.29) is 17.2 Å². The quantitative estimate of drug-likeness (QED) is 0.441. The van der Waals surface area contributed by atoms with E-state index in [1.165, 1.54) is 11.3 Å². The number of phenols is 1. The lowest BCUT2D eigenvalue weighted by Gasteiger charge is -2.25. The van der Waals surface area contributed by atoms with Crippen molar-refractivity contribution in [2.75, 3.05) is 12.4 Å². The zero-order valence-corrected chi connectivity index (χ0v) is 20.5. The van der Waals surface area contributed by atoms with Crippen molar-refractivity contribution in [1.29, 1.82) is 0 Å². The molecule has 36 heavy (non-hydrogen) atoms. The summed E-state index contributed by atoms with van der Waals surface area (Å²) in [5.74, 6) is 0.394. The van der Waals surface area contributed by atoms with Crippen molar-refractivity contribution in [3.63, 3.8) is 0 Å². The van der Waals surface area contributed by atoms with Gasteiger partial charge in [-0.3, -0.25) is 14.2 Å². The molecule has 2 heterocycles. The Kier molecular flexibility index (Phi) is 6.26. The number of aromatic nitrogens is 1. The number of carbonyl (C=O) groups excluding carboxylic acids is 1.